The van der Waals surface area contributed by atoms with E-state index >= 15 is 0 Å². The quantitative estimate of drug-likeness (QED) is 0.427. The minimum atomic E-state index is -0.847. The van der Waals surface area contributed by atoms with Gasteiger partial charge < -0.3 is 30.6 Å². The fourth-order valence-electron chi connectivity index (χ4n) is 4.19. The van der Waals surface area contributed by atoms with Gasteiger partial charge in [0.05, 0.1) is 10.7 Å². The number of pyridine rings is 1. The SMILES string of the molecule is CN/C=C(\C=N)c1ccc(-c2cncc(Cl)c2N2CCC(C=O)(N(C)C(=O)NC)CC2)cc1. The number of anilines is 1. The molecule has 8 nitrogen and oxygen atoms in total. The van der Waals surface area contributed by atoms with Crippen LogP contribution in [0.4, 0.5) is 10.5 Å². The Bertz CT molecular complexity index is 1050. The summed E-state index contributed by atoms with van der Waals surface area (Å²) in [4.78, 5) is 32.1. The largest absolute Gasteiger partial charge is 0.393 e. The summed E-state index contributed by atoms with van der Waals surface area (Å²) in [6.07, 6.45) is 8.36. The number of aldehydes is 1. The summed E-state index contributed by atoms with van der Waals surface area (Å²) < 4.78 is 0. The van der Waals surface area contributed by atoms with Crippen molar-refractivity contribution in [3.63, 3.8) is 0 Å². The van der Waals surface area contributed by atoms with Gasteiger partial charge >= 0.3 is 6.03 Å². The average Bonchev–Trinajstić information content (AvgIpc) is 2.86. The van der Waals surface area contributed by atoms with Crippen molar-refractivity contribution in [2.75, 3.05) is 39.1 Å². The van der Waals surface area contributed by atoms with Gasteiger partial charge in [-0.2, -0.15) is 0 Å². The Hall–Kier alpha value is -3.39. The van der Waals surface area contributed by atoms with Crippen molar-refractivity contribution in [2.45, 2.75) is 18.4 Å². The molecular formula is C24H29ClN6O2. The predicted octanol–water partition coefficient (Wildman–Crippen LogP) is 3.42. The first-order valence-electron chi connectivity index (χ1n) is 10.7. The van der Waals surface area contributed by atoms with Gasteiger partial charge in [0.2, 0.25) is 0 Å². The van der Waals surface area contributed by atoms with Crippen LogP contribution in [0.15, 0.2) is 42.9 Å². The second-order valence-electron chi connectivity index (χ2n) is 7.95. The molecule has 0 saturated carbocycles. The molecule has 9 heteroatoms. The number of rotatable bonds is 7. The lowest BCUT2D eigenvalue weighted by atomic mass is 9.87. The molecular weight excluding hydrogens is 440 g/mol. The number of amides is 2. The van der Waals surface area contributed by atoms with E-state index in [0.717, 1.165) is 34.2 Å². The van der Waals surface area contributed by atoms with Crippen LogP contribution in [0.3, 0.4) is 0 Å². The zero-order chi connectivity index (χ0) is 24.0. The maximum atomic E-state index is 12.1. The van der Waals surface area contributed by atoms with E-state index in [0.29, 0.717) is 31.0 Å². The molecule has 1 aromatic heterocycles. The molecule has 2 heterocycles. The number of hydrogen-bond acceptors (Lipinski definition) is 6. The Morgan fingerprint density at radius 1 is 1.21 bits per heavy atom. The van der Waals surface area contributed by atoms with Crippen LogP contribution < -0.4 is 15.5 Å². The predicted molar refractivity (Wildman–Crippen MR) is 133 cm³/mol. The lowest BCUT2D eigenvalue weighted by Crippen LogP contribution is -2.58. The molecule has 2 aromatic rings. The molecule has 0 bridgehead atoms. The number of nitrogens with zero attached hydrogens (tertiary/aromatic N) is 3. The van der Waals surface area contributed by atoms with E-state index in [1.54, 1.807) is 39.7 Å². The van der Waals surface area contributed by atoms with Gasteiger partial charge in [0.15, 0.2) is 0 Å². The number of carbonyl (C=O) groups excluding carboxylic acids is 2. The highest BCUT2D eigenvalue weighted by atomic mass is 35.5. The molecule has 3 rings (SSSR count). The Morgan fingerprint density at radius 2 is 1.88 bits per heavy atom. The van der Waals surface area contributed by atoms with Crippen LogP contribution in [0.25, 0.3) is 16.7 Å². The second-order valence-corrected chi connectivity index (χ2v) is 8.36. The number of urea groups is 1. The van der Waals surface area contributed by atoms with Gasteiger partial charge in [0.1, 0.15) is 11.8 Å². The highest BCUT2D eigenvalue weighted by Crippen LogP contribution is 2.39. The fraction of sp³-hybridized carbons (Fsp3) is 0.333. The smallest absolute Gasteiger partial charge is 0.317 e. The molecule has 1 saturated heterocycles. The van der Waals surface area contributed by atoms with Crippen molar-refractivity contribution in [1.82, 2.24) is 20.5 Å². The normalized spacial score (nSPS) is 15.5. The summed E-state index contributed by atoms with van der Waals surface area (Å²) in [6, 6.07) is 7.60. The molecule has 174 valence electrons. The van der Waals surface area contributed by atoms with Crippen LogP contribution in [0.5, 0.6) is 0 Å². The molecule has 0 radical (unpaired) electrons. The van der Waals surface area contributed by atoms with Crippen LogP contribution in [0.1, 0.15) is 18.4 Å². The highest BCUT2D eigenvalue weighted by molar-refractivity contribution is 6.33. The Labute approximate surface area is 199 Å². The maximum absolute atomic E-state index is 12.1. The van der Waals surface area contributed by atoms with E-state index in [-0.39, 0.29) is 6.03 Å². The zero-order valence-electron chi connectivity index (χ0n) is 19.1. The fourth-order valence-corrected chi connectivity index (χ4v) is 4.46. The number of hydrogen-bond donors (Lipinski definition) is 3. The Kier molecular flexibility index (Phi) is 7.71. The van der Waals surface area contributed by atoms with Gasteiger partial charge in [-0.25, -0.2) is 4.79 Å². The van der Waals surface area contributed by atoms with E-state index in [1.807, 2.05) is 24.3 Å². The minimum absolute atomic E-state index is 0.283. The Morgan fingerprint density at radius 3 is 2.42 bits per heavy atom. The third kappa shape index (κ3) is 4.85. The van der Waals surface area contributed by atoms with Crippen molar-refractivity contribution in [3.05, 3.63) is 53.4 Å². The van der Waals surface area contributed by atoms with Crippen LogP contribution in [-0.2, 0) is 4.79 Å². The number of carbonyl (C=O) groups is 2. The topological polar surface area (TPSA) is 101 Å². The molecule has 0 aliphatic carbocycles. The molecule has 1 aliphatic rings. The van der Waals surface area contributed by atoms with Gasteiger partial charge in [-0.15, -0.1) is 0 Å². The number of piperidine rings is 1. The summed E-state index contributed by atoms with van der Waals surface area (Å²) in [5.41, 5.74) is 3.55. The lowest BCUT2D eigenvalue weighted by Gasteiger charge is -2.44. The maximum Gasteiger partial charge on any atom is 0.317 e. The first-order valence-corrected chi connectivity index (χ1v) is 11.1. The Balaban J connectivity index is 1.90. The number of halogens is 1. The minimum Gasteiger partial charge on any atom is -0.393 e. The summed E-state index contributed by atoms with van der Waals surface area (Å²) in [5.74, 6) is 0. The van der Waals surface area contributed by atoms with Crippen LogP contribution >= 0.6 is 11.6 Å². The van der Waals surface area contributed by atoms with E-state index < -0.39 is 5.54 Å². The van der Waals surface area contributed by atoms with Crippen molar-refractivity contribution in [2.24, 2.45) is 0 Å². The lowest BCUT2D eigenvalue weighted by molar-refractivity contribution is -0.117. The number of aromatic nitrogens is 1. The molecule has 1 fully saturated rings. The summed E-state index contributed by atoms with van der Waals surface area (Å²) in [6.45, 7) is 1.13. The molecule has 33 heavy (non-hydrogen) atoms. The third-order valence-corrected chi connectivity index (χ3v) is 6.49. The molecule has 0 spiro atoms. The molecule has 1 aromatic carbocycles. The van der Waals surface area contributed by atoms with Gasteiger partial charge in [0, 0.05) is 70.2 Å². The third-order valence-electron chi connectivity index (χ3n) is 6.21. The number of likely N-dealkylation sites (N-methyl/N-ethyl adjacent to an activating group) is 1. The van der Waals surface area contributed by atoms with Crippen LogP contribution in [-0.4, -0.2) is 68.2 Å². The van der Waals surface area contributed by atoms with E-state index in [4.69, 9.17) is 17.0 Å². The summed E-state index contributed by atoms with van der Waals surface area (Å²) in [5, 5.41) is 13.7. The molecule has 2 amide bonds. The molecule has 0 atom stereocenters. The highest BCUT2D eigenvalue weighted by Gasteiger charge is 2.41. The number of nitrogens with one attached hydrogen (secondary N) is 3. The van der Waals surface area contributed by atoms with Crippen molar-refractivity contribution >= 4 is 41.4 Å². The van der Waals surface area contributed by atoms with Gasteiger partial charge in [-0.05, 0) is 24.0 Å². The van der Waals surface area contributed by atoms with Crippen molar-refractivity contribution in [3.8, 4) is 11.1 Å². The van der Waals surface area contributed by atoms with Crippen molar-refractivity contribution < 1.29 is 9.59 Å². The van der Waals surface area contributed by atoms with E-state index in [9.17, 15) is 9.59 Å². The summed E-state index contributed by atoms with van der Waals surface area (Å²) >= 11 is 6.60. The number of allylic oxidation sites excluding steroid dienone is 1. The van der Waals surface area contributed by atoms with Crippen LogP contribution in [0.2, 0.25) is 5.02 Å². The molecule has 1 aliphatic heterocycles. The first kappa shape index (κ1) is 24.3. The zero-order valence-corrected chi connectivity index (χ0v) is 19.8. The van der Waals surface area contributed by atoms with Gasteiger partial charge in [0.25, 0.3) is 0 Å². The van der Waals surface area contributed by atoms with Gasteiger partial charge in [-0.1, -0.05) is 35.9 Å². The van der Waals surface area contributed by atoms with Crippen LogP contribution in [0, 0.1) is 5.41 Å². The van der Waals surface area contributed by atoms with Gasteiger partial charge in [-0.3, -0.25) is 4.98 Å². The first-order chi connectivity index (χ1) is 15.9. The van der Waals surface area contributed by atoms with Crippen molar-refractivity contribution in [1.29, 1.82) is 5.41 Å². The second kappa shape index (κ2) is 10.5. The molecule has 3 N–H and O–H groups in total. The monoisotopic (exact) mass is 468 g/mol. The number of benzene rings is 1. The van der Waals surface area contributed by atoms with E-state index in [1.165, 1.54) is 11.1 Å². The summed E-state index contributed by atoms with van der Waals surface area (Å²) in [7, 11) is 5.01. The average molecular weight is 469 g/mol. The molecule has 0 unspecified atom stereocenters. The standard InChI is InChI=1S/C24H29ClN6O2/c1-27-13-19(12-26)17-4-6-18(7-5-17)20-14-29-15-21(25)22(20)31-10-8-24(16-32,9-11-31)30(3)23(33)28-2/h4-7,12-16,26-27H,8-11H2,1-3H3,(H,28,33)/b19-13+,26-12?. The van der Waals surface area contributed by atoms with E-state index in [2.05, 4.69) is 20.5 Å².